The predicted octanol–water partition coefficient (Wildman–Crippen LogP) is 1.85. The number of nitrogens with one attached hydrogen (secondary N) is 1. The van der Waals surface area contributed by atoms with Gasteiger partial charge in [0.2, 0.25) is 0 Å². The third-order valence-corrected chi connectivity index (χ3v) is 3.41. The normalized spacial score (nSPS) is 11.9. The molecule has 0 saturated carbocycles. The summed E-state index contributed by atoms with van der Waals surface area (Å²) in [5, 5.41) is 14.3. The average Bonchev–Trinajstić information content (AvgIpc) is 2.73. The SMILES string of the molecule is CCC[C@@H](NC(=O)N(C)Cc1csc(C)n1)C(=O)O. The second-order valence-corrected chi connectivity index (χ2v) is 5.41. The van der Waals surface area contributed by atoms with Crippen molar-refractivity contribution in [1.82, 2.24) is 15.2 Å². The van der Waals surface area contributed by atoms with E-state index in [-0.39, 0.29) is 0 Å². The fraction of sp³-hybridized carbons (Fsp3) is 0.583. The van der Waals surface area contributed by atoms with E-state index in [0.29, 0.717) is 19.4 Å². The number of urea groups is 1. The number of aromatic nitrogens is 1. The zero-order valence-corrected chi connectivity index (χ0v) is 12.2. The summed E-state index contributed by atoms with van der Waals surface area (Å²) in [6, 6.07) is -1.23. The Morgan fingerprint density at radius 1 is 1.58 bits per heavy atom. The van der Waals surface area contributed by atoms with Crippen LogP contribution in [0.15, 0.2) is 5.38 Å². The quantitative estimate of drug-likeness (QED) is 0.835. The van der Waals surface area contributed by atoms with Crippen molar-refractivity contribution in [1.29, 1.82) is 0 Å². The Hall–Kier alpha value is -1.63. The minimum atomic E-state index is -1.01. The van der Waals surface area contributed by atoms with Gasteiger partial charge in [-0.15, -0.1) is 11.3 Å². The summed E-state index contributed by atoms with van der Waals surface area (Å²) in [4.78, 5) is 28.5. The van der Waals surface area contributed by atoms with Crippen molar-refractivity contribution < 1.29 is 14.7 Å². The molecule has 106 valence electrons. The van der Waals surface area contributed by atoms with E-state index >= 15 is 0 Å². The number of carbonyl (C=O) groups is 2. The molecule has 2 amide bonds. The first kappa shape index (κ1) is 15.4. The van der Waals surface area contributed by atoms with Crippen molar-refractivity contribution in [2.45, 2.75) is 39.3 Å². The van der Waals surface area contributed by atoms with Crippen molar-refractivity contribution in [3.63, 3.8) is 0 Å². The number of thiazole rings is 1. The van der Waals surface area contributed by atoms with Crippen LogP contribution in [0.1, 0.15) is 30.5 Å². The molecule has 1 heterocycles. The molecule has 0 spiro atoms. The zero-order chi connectivity index (χ0) is 14.4. The molecule has 0 aliphatic rings. The number of rotatable bonds is 6. The molecule has 0 unspecified atom stereocenters. The number of carboxylic acid groups (broad SMARTS) is 1. The topological polar surface area (TPSA) is 82.5 Å². The van der Waals surface area contributed by atoms with Gasteiger partial charge < -0.3 is 15.3 Å². The molecule has 0 saturated heterocycles. The van der Waals surface area contributed by atoms with Gasteiger partial charge in [0.15, 0.2) is 0 Å². The second-order valence-electron chi connectivity index (χ2n) is 4.34. The Bertz CT molecular complexity index is 447. The molecule has 0 aliphatic carbocycles. The number of hydrogen-bond acceptors (Lipinski definition) is 4. The summed E-state index contributed by atoms with van der Waals surface area (Å²) in [5.74, 6) is -1.01. The van der Waals surface area contributed by atoms with Crippen LogP contribution >= 0.6 is 11.3 Å². The molecule has 0 fully saturated rings. The van der Waals surface area contributed by atoms with Gasteiger partial charge in [0.05, 0.1) is 17.2 Å². The molecule has 1 rings (SSSR count). The third-order valence-electron chi connectivity index (χ3n) is 2.59. The van der Waals surface area contributed by atoms with Crippen LogP contribution in [0, 0.1) is 6.92 Å². The maximum absolute atomic E-state index is 11.9. The monoisotopic (exact) mass is 285 g/mol. The van der Waals surface area contributed by atoms with E-state index in [1.807, 2.05) is 19.2 Å². The number of hydrogen-bond donors (Lipinski definition) is 2. The lowest BCUT2D eigenvalue weighted by Gasteiger charge is -2.20. The fourth-order valence-electron chi connectivity index (χ4n) is 1.60. The molecule has 7 heteroatoms. The molecule has 19 heavy (non-hydrogen) atoms. The van der Waals surface area contributed by atoms with Crippen molar-refractivity contribution in [2.75, 3.05) is 7.05 Å². The number of aliphatic carboxylic acids is 1. The highest BCUT2D eigenvalue weighted by Crippen LogP contribution is 2.10. The van der Waals surface area contributed by atoms with Gasteiger partial charge in [-0.3, -0.25) is 0 Å². The number of carbonyl (C=O) groups excluding carboxylic acids is 1. The first-order valence-electron chi connectivity index (χ1n) is 6.09. The summed E-state index contributed by atoms with van der Waals surface area (Å²) in [7, 11) is 1.62. The van der Waals surface area contributed by atoms with Crippen molar-refractivity contribution in [2.24, 2.45) is 0 Å². The van der Waals surface area contributed by atoms with Gasteiger partial charge in [0.1, 0.15) is 6.04 Å². The Morgan fingerprint density at radius 3 is 2.74 bits per heavy atom. The Morgan fingerprint density at radius 2 is 2.26 bits per heavy atom. The molecular formula is C12H19N3O3S. The minimum absolute atomic E-state index is 0.370. The largest absolute Gasteiger partial charge is 0.480 e. The minimum Gasteiger partial charge on any atom is -0.480 e. The molecule has 0 bridgehead atoms. The van der Waals surface area contributed by atoms with Crippen LogP contribution in [-0.4, -0.2) is 40.1 Å². The van der Waals surface area contributed by atoms with Gasteiger partial charge in [-0.1, -0.05) is 13.3 Å². The van der Waals surface area contributed by atoms with Gasteiger partial charge in [0.25, 0.3) is 0 Å². The van der Waals surface area contributed by atoms with Crippen LogP contribution in [0.25, 0.3) is 0 Å². The molecule has 0 radical (unpaired) electrons. The Balaban J connectivity index is 2.54. The van der Waals surface area contributed by atoms with Crippen LogP contribution in [0.2, 0.25) is 0 Å². The second kappa shape index (κ2) is 7.08. The van der Waals surface area contributed by atoms with E-state index < -0.39 is 18.0 Å². The predicted molar refractivity (Wildman–Crippen MR) is 73.2 cm³/mol. The van der Waals surface area contributed by atoms with Gasteiger partial charge in [-0.2, -0.15) is 0 Å². The maximum atomic E-state index is 11.9. The average molecular weight is 285 g/mol. The number of amides is 2. The zero-order valence-electron chi connectivity index (χ0n) is 11.3. The molecule has 2 N–H and O–H groups in total. The number of carboxylic acids is 1. The van der Waals surface area contributed by atoms with Crippen LogP contribution < -0.4 is 5.32 Å². The van der Waals surface area contributed by atoms with Gasteiger partial charge in [0, 0.05) is 12.4 Å². The lowest BCUT2D eigenvalue weighted by atomic mass is 10.2. The van der Waals surface area contributed by atoms with E-state index in [1.165, 1.54) is 16.2 Å². The first-order valence-corrected chi connectivity index (χ1v) is 6.97. The molecule has 1 atom stereocenters. The fourth-order valence-corrected chi connectivity index (χ4v) is 2.20. The molecule has 6 nitrogen and oxygen atoms in total. The van der Waals surface area contributed by atoms with E-state index in [0.717, 1.165) is 10.7 Å². The lowest BCUT2D eigenvalue weighted by Crippen LogP contribution is -2.46. The van der Waals surface area contributed by atoms with Crippen molar-refractivity contribution in [3.05, 3.63) is 16.1 Å². The van der Waals surface area contributed by atoms with Gasteiger partial charge in [-0.25, -0.2) is 14.6 Å². The molecule has 1 aromatic heterocycles. The van der Waals surface area contributed by atoms with Crippen LogP contribution in [-0.2, 0) is 11.3 Å². The lowest BCUT2D eigenvalue weighted by molar-refractivity contribution is -0.139. The highest BCUT2D eigenvalue weighted by Gasteiger charge is 2.21. The summed E-state index contributed by atoms with van der Waals surface area (Å²) in [5.41, 5.74) is 0.808. The summed E-state index contributed by atoms with van der Waals surface area (Å²) < 4.78 is 0. The van der Waals surface area contributed by atoms with E-state index in [2.05, 4.69) is 10.3 Å². The van der Waals surface area contributed by atoms with Crippen molar-refractivity contribution >= 4 is 23.3 Å². The van der Waals surface area contributed by atoms with E-state index in [1.54, 1.807) is 7.05 Å². The standard InChI is InChI=1S/C12H19N3O3S/c1-4-5-10(11(16)17)14-12(18)15(3)6-9-7-19-8(2)13-9/h7,10H,4-6H2,1-3H3,(H,14,18)(H,16,17)/t10-/m1/s1. The number of aryl methyl sites for hydroxylation is 1. The van der Waals surface area contributed by atoms with Gasteiger partial charge >= 0.3 is 12.0 Å². The third kappa shape index (κ3) is 4.86. The Labute approximate surface area is 116 Å². The van der Waals surface area contributed by atoms with Crippen LogP contribution in [0.4, 0.5) is 4.79 Å². The molecular weight excluding hydrogens is 266 g/mol. The summed E-state index contributed by atoms with van der Waals surface area (Å²) in [6.45, 7) is 4.15. The smallest absolute Gasteiger partial charge is 0.326 e. The maximum Gasteiger partial charge on any atom is 0.326 e. The van der Waals surface area contributed by atoms with Crippen molar-refractivity contribution in [3.8, 4) is 0 Å². The van der Waals surface area contributed by atoms with E-state index in [9.17, 15) is 9.59 Å². The van der Waals surface area contributed by atoms with E-state index in [4.69, 9.17) is 5.11 Å². The molecule has 1 aromatic rings. The van der Waals surface area contributed by atoms with Gasteiger partial charge in [-0.05, 0) is 13.3 Å². The number of nitrogens with zero attached hydrogens (tertiary/aromatic N) is 2. The summed E-state index contributed by atoms with van der Waals surface area (Å²) in [6.07, 6.45) is 1.12. The van der Waals surface area contributed by atoms with Crippen LogP contribution in [0.5, 0.6) is 0 Å². The highest BCUT2D eigenvalue weighted by atomic mass is 32.1. The first-order chi connectivity index (χ1) is 8.93. The Kier molecular flexibility index (Phi) is 5.75. The van der Waals surface area contributed by atoms with Crippen LogP contribution in [0.3, 0.4) is 0 Å². The highest BCUT2D eigenvalue weighted by molar-refractivity contribution is 7.09. The molecule has 0 aromatic carbocycles. The summed E-state index contributed by atoms with van der Waals surface area (Å²) >= 11 is 1.52. The molecule has 0 aliphatic heterocycles.